The van der Waals surface area contributed by atoms with Crippen molar-refractivity contribution in [2.45, 2.75) is 57.8 Å². The van der Waals surface area contributed by atoms with Crippen molar-refractivity contribution in [1.82, 2.24) is 0 Å². The summed E-state index contributed by atoms with van der Waals surface area (Å²) in [6.07, 6.45) is 3.98. The van der Waals surface area contributed by atoms with Crippen LogP contribution in [0.1, 0.15) is 57.2 Å². The molecule has 0 bridgehead atoms. The molecule has 2 rings (SSSR count). The van der Waals surface area contributed by atoms with Crippen molar-refractivity contribution in [2.75, 3.05) is 0 Å². The Bertz CT molecular complexity index is 441. The van der Waals surface area contributed by atoms with E-state index in [1.54, 1.807) is 0 Å². The Balaban J connectivity index is 2.55. The number of hydrogen-bond acceptors (Lipinski definition) is 1. The van der Waals surface area contributed by atoms with Gasteiger partial charge in [0.15, 0.2) is 0 Å². The number of hydrogen-bond donors (Lipinski definition) is 0. The van der Waals surface area contributed by atoms with Gasteiger partial charge in [0.2, 0.25) is 0 Å². The third kappa shape index (κ3) is 2.15. The molecule has 0 heterocycles. The average molecular weight is 230 g/mol. The zero-order chi connectivity index (χ0) is 12.7. The standard InChI is InChI=1S/C16H22O/c1-15(2)8-9-16(3,4)14-11-12(7-10-17)5-6-13(14)15/h5-6,10-11H,7-9H2,1-4H3. The fraction of sp³-hybridized carbons (Fsp3) is 0.562. The highest BCUT2D eigenvalue weighted by Gasteiger charge is 2.36. The van der Waals surface area contributed by atoms with Crippen molar-refractivity contribution in [3.63, 3.8) is 0 Å². The summed E-state index contributed by atoms with van der Waals surface area (Å²) >= 11 is 0. The van der Waals surface area contributed by atoms with E-state index in [1.807, 2.05) is 0 Å². The van der Waals surface area contributed by atoms with Crippen molar-refractivity contribution in [3.05, 3.63) is 34.9 Å². The highest BCUT2D eigenvalue weighted by atomic mass is 16.1. The summed E-state index contributed by atoms with van der Waals surface area (Å²) in [5.74, 6) is 0. The molecule has 0 spiro atoms. The fourth-order valence-corrected chi connectivity index (χ4v) is 2.86. The summed E-state index contributed by atoms with van der Waals surface area (Å²) in [4.78, 5) is 10.6. The average Bonchev–Trinajstić information content (AvgIpc) is 2.26. The number of carbonyl (C=O) groups is 1. The Morgan fingerprint density at radius 2 is 1.65 bits per heavy atom. The Morgan fingerprint density at radius 3 is 2.24 bits per heavy atom. The summed E-state index contributed by atoms with van der Waals surface area (Å²) in [6, 6.07) is 6.58. The molecule has 0 saturated heterocycles. The summed E-state index contributed by atoms with van der Waals surface area (Å²) in [7, 11) is 0. The Hall–Kier alpha value is -1.11. The minimum atomic E-state index is 0.240. The van der Waals surface area contributed by atoms with Gasteiger partial charge in [-0.1, -0.05) is 45.9 Å². The van der Waals surface area contributed by atoms with E-state index < -0.39 is 0 Å². The fourth-order valence-electron chi connectivity index (χ4n) is 2.86. The van der Waals surface area contributed by atoms with E-state index in [2.05, 4.69) is 45.9 Å². The highest BCUT2D eigenvalue weighted by Crippen LogP contribution is 2.45. The molecule has 0 amide bonds. The lowest BCUT2D eigenvalue weighted by atomic mass is 9.63. The molecule has 1 aromatic carbocycles. The molecule has 1 nitrogen and oxygen atoms in total. The van der Waals surface area contributed by atoms with E-state index in [0.717, 1.165) is 11.8 Å². The normalized spacial score (nSPS) is 20.7. The summed E-state index contributed by atoms with van der Waals surface area (Å²) in [5, 5.41) is 0. The largest absolute Gasteiger partial charge is 0.303 e. The van der Waals surface area contributed by atoms with Crippen LogP contribution in [0.2, 0.25) is 0 Å². The Morgan fingerprint density at radius 1 is 1.06 bits per heavy atom. The van der Waals surface area contributed by atoms with Gasteiger partial charge >= 0.3 is 0 Å². The van der Waals surface area contributed by atoms with Gasteiger partial charge in [0.25, 0.3) is 0 Å². The minimum absolute atomic E-state index is 0.240. The molecule has 0 unspecified atom stereocenters. The Labute approximate surface area is 104 Å². The molecule has 0 N–H and O–H groups in total. The SMILES string of the molecule is CC1(C)CCC(C)(C)c2cc(CC=O)ccc21. The van der Waals surface area contributed by atoms with Crippen molar-refractivity contribution in [3.8, 4) is 0 Å². The van der Waals surface area contributed by atoms with Gasteiger partial charge in [-0.15, -0.1) is 0 Å². The van der Waals surface area contributed by atoms with Gasteiger partial charge in [-0.3, -0.25) is 0 Å². The molecule has 0 radical (unpaired) electrons. The molecule has 0 saturated carbocycles. The third-order valence-corrected chi connectivity index (χ3v) is 4.24. The molecule has 92 valence electrons. The van der Waals surface area contributed by atoms with Crippen molar-refractivity contribution >= 4 is 6.29 Å². The highest BCUT2D eigenvalue weighted by molar-refractivity contribution is 5.56. The summed E-state index contributed by atoms with van der Waals surface area (Å²) in [6.45, 7) is 9.26. The molecule has 0 atom stereocenters. The second-order valence-electron chi connectivity index (χ2n) is 6.52. The molecular formula is C16H22O. The maximum absolute atomic E-state index is 10.6. The topological polar surface area (TPSA) is 17.1 Å². The molecule has 0 aromatic heterocycles. The second-order valence-corrected chi connectivity index (χ2v) is 6.52. The van der Waals surface area contributed by atoms with Gasteiger partial charge in [-0.05, 0) is 40.4 Å². The van der Waals surface area contributed by atoms with Crippen molar-refractivity contribution in [1.29, 1.82) is 0 Å². The van der Waals surface area contributed by atoms with Gasteiger partial charge in [-0.2, -0.15) is 0 Å². The van der Waals surface area contributed by atoms with Crippen LogP contribution in [0.4, 0.5) is 0 Å². The van der Waals surface area contributed by atoms with Gasteiger partial charge in [0.1, 0.15) is 6.29 Å². The lowest BCUT2D eigenvalue weighted by Gasteiger charge is -2.42. The maximum Gasteiger partial charge on any atom is 0.124 e. The lowest BCUT2D eigenvalue weighted by molar-refractivity contribution is -0.107. The summed E-state index contributed by atoms with van der Waals surface area (Å²) in [5.41, 5.74) is 4.55. The number of benzene rings is 1. The molecule has 0 fully saturated rings. The smallest absolute Gasteiger partial charge is 0.124 e. The zero-order valence-corrected chi connectivity index (χ0v) is 11.3. The van der Waals surface area contributed by atoms with E-state index in [1.165, 1.54) is 24.0 Å². The van der Waals surface area contributed by atoms with Gasteiger partial charge in [0.05, 0.1) is 0 Å². The first kappa shape index (κ1) is 12.3. The lowest BCUT2D eigenvalue weighted by Crippen LogP contribution is -2.33. The first-order chi connectivity index (χ1) is 7.87. The second kappa shape index (κ2) is 3.97. The van der Waals surface area contributed by atoms with Crippen LogP contribution >= 0.6 is 0 Å². The first-order valence-corrected chi connectivity index (χ1v) is 6.44. The predicted molar refractivity (Wildman–Crippen MR) is 71.5 cm³/mol. The van der Waals surface area contributed by atoms with Gasteiger partial charge < -0.3 is 4.79 Å². The van der Waals surface area contributed by atoms with Crippen molar-refractivity contribution < 1.29 is 4.79 Å². The van der Waals surface area contributed by atoms with Crippen LogP contribution in [0, 0.1) is 0 Å². The molecule has 1 aliphatic carbocycles. The van der Waals surface area contributed by atoms with Crippen LogP contribution in [0.3, 0.4) is 0 Å². The first-order valence-electron chi connectivity index (χ1n) is 6.44. The van der Waals surface area contributed by atoms with Crippen LogP contribution in [-0.4, -0.2) is 6.29 Å². The minimum Gasteiger partial charge on any atom is -0.303 e. The van der Waals surface area contributed by atoms with Crippen LogP contribution in [0.5, 0.6) is 0 Å². The van der Waals surface area contributed by atoms with Crippen LogP contribution in [-0.2, 0) is 22.0 Å². The van der Waals surface area contributed by atoms with Gasteiger partial charge in [-0.25, -0.2) is 0 Å². The van der Waals surface area contributed by atoms with Crippen LogP contribution in [0.25, 0.3) is 0 Å². The molecule has 1 aliphatic rings. The van der Waals surface area contributed by atoms with Gasteiger partial charge in [0, 0.05) is 6.42 Å². The molecule has 1 heteroatoms. The van der Waals surface area contributed by atoms with E-state index in [9.17, 15) is 4.79 Å². The van der Waals surface area contributed by atoms with E-state index in [4.69, 9.17) is 0 Å². The van der Waals surface area contributed by atoms with E-state index >= 15 is 0 Å². The van der Waals surface area contributed by atoms with Crippen molar-refractivity contribution in [2.24, 2.45) is 0 Å². The Kier molecular flexibility index (Phi) is 2.89. The monoisotopic (exact) mass is 230 g/mol. The number of carbonyl (C=O) groups excluding carboxylic acids is 1. The molecule has 0 aliphatic heterocycles. The van der Waals surface area contributed by atoms with Crippen LogP contribution < -0.4 is 0 Å². The van der Waals surface area contributed by atoms with E-state index in [-0.39, 0.29) is 10.8 Å². The number of rotatable bonds is 2. The molecular weight excluding hydrogens is 208 g/mol. The quantitative estimate of drug-likeness (QED) is 0.707. The third-order valence-electron chi connectivity index (χ3n) is 4.24. The predicted octanol–water partition coefficient (Wildman–Crippen LogP) is 3.78. The van der Waals surface area contributed by atoms with Crippen LogP contribution in [0.15, 0.2) is 18.2 Å². The zero-order valence-electron chi connectivity index (χ0n) is 11.3. The number of fused-ring (bicyclic) bond motifs is 1. The molecule has 1 aromatic rings. The number of aldehydes is 1. The molecule has 17 heavy (non-hydrogen) atoms. The summed E-state index contributed by atoms with van der Waals surface area (Å²) < 4.78 is 0. The van der Waals surface area contributed by atoms with E-state index in [0.29, 0.717) is 6.42 Å². The maximum atomic E-state index is 10.6.